The normalized spacial score (nSPS) is 8.10. The first-order valence-corrected chi connectivity index (χ1v) is 2.85. The Kier molecular flexibility index (Phi) is 5.15. The van der Waals surface area contributed by atoms with Crippen LogP contribution in [-0.4, -0.2) is 6.29 Å². The Morgan fingerprint density at radius 1 is 1.30 bits per heavy atom. The smallest absolute Gasteiger partial charge is 0.376 e. The van der Waals surface area contributed by atoms with Crippen molar-refractivity contribution in [3.8, 4) is 0 Å². The summed E-state index contributed by atoms with van der Waals surface area (Å²) in [6, 6.07) is 6.78. The van der Waals surface area contributed by atoms with Crippen molar-refractivity contribution in [1.29, 1.82) is 0 Å². The summed E-state index contributed by atoms with van der Waals surface area (Å²) in [7, 11) is 0. The molecule has 46 valence electrons. The third kappa shape index (κ3) is 2.49. The summed E-state index contributed by atoms with van der Waals surface area (Å²) >= 11 is 5.56. The molecule has 3 heteroatoms. The van der Waals surface area contributed by atoms with E-state index in [4.69, 9.17) is 11.6 Å². The van der Waals surface area contributed by atoms with Crippen LogP contribution in [0.5, 0.6) is 0 Å². The van der Waals surface area contributed by atoms with Gasteiger partial charge in [0.15, 0.2) is 0 Å². The third-order valence-corrected chi connectivity index (χ3v) is 1.31. The van der Waals surface area contributed by atoms with Gasteiger partial charge in [0, 0.05) is 0 Å². The molecule has 10 heavy (non-hydrogen) atoms. The van der Waals surface area contributed by atoms with Crippen LogP contribution in [-0.2, 0) is 37.5 Å². The van der Waals surface area contributed by atoms with Crippen molar-refractivity contribution in [3.05, 3.63) is 34.9 Å². The zero-order chi connectivity index (χ0) is 6.69. The molecular formula is C7H4ClOY+2. The Labute approximate surface area is 89.6 Å². The number of hydrogen-bond donors (Lipinski definition) is 0. The van der Waals surface area contributed by atoms with Crippen LogP contribution in [0.2, 0.25) is 5.02 Å². The van der Waals surface area contributed by atoms with Gasteiger partial charge in [0.2, 0.25) is 0 Å². The Balaban J connectivity index is 0.000000810. The van der Waals surface area contributed by atoms with Crippen LogP contribution in [0.15, 0.2) is 24.3 Å². The van der Waals surface area contributed by atoms with Crippen LogP contribution in [0.1, 0.15) is 5.56 Å². The predicted molar refractivity (Wildman–Crippen MR) is 36.2 cm³/mol. The molecule has 0 saturated carbocycles. The molecule has 1 nitrogen and oxygen atoms in total. The molecule has 0 aliphatic carbocycles. The Morgan fingerprint density at radius 2 is 1.90 bits per heavy atom. The van der Waals surface area contributed by atoms with E-state index in [-0.39, 0.29) is 32.7 Å². The second-order valence-corrected chi connectivity index (χ2v) is 1.99. The Hall–Kier alpha value is 0.284. The monoisotopic (exact) mass is 228 g/mol. The van der Waals surface area contributed by atoms with Gasteiger partial charge in [-0.15, -0.1) is 17.7 Å². The van der Waals surface area contributed by atoms with E-state index in [0.29, 0.717) is 10.6 Å². The first kappa shape index (κ1) is 10.3. The Bertz CT molecular complexity index is 225. The molecule has 0 atom stereocenters. The van der Waals surface area contributed by atoms with Crippen molar-refractivity contribution in [2.24, 2.45) is 0 Å². The van der Waals surface area contributed by atoms with E-state index in [9.17, 15) is 4.79 Å². The summed E-state index contributed by atoms with van der Waals surface area (Å²) in [6.45, 7) is 0. The van der Waals surface area contributed by atoms with Crippen LogP contribution < -0.4 is 0 Å². The number of carbonyl (C=O) groups excluding carboxylic acids is 1. The average molecular weight is 228 g/mol. The van der Waals surface area contributed by atoms with Crippen molar-refractivity contribution in [3.63, 3.8) is 0 Å². The van der Waals surface area contributed by atoms with Crippen LogP contribution in [0.4, 0.5) is 0 Å². The largest absolute Gasteiger partial charge is 3.00 e. The van der Waals surface area contributed by atoms with Gasteiger partial charge in [-0.25, -0.2) is 0 Å². The minimum Gasteiger partial charge on any atom is -0.376 e. The van der Waals surface area contributed by atoms with Gasteiger partial charge in [-0.2, -0.15) is 17.7 Å². The van der Waals surface area contributed by atoms with Gasteiger partial charge < -0.3 is 4.79 Å². The van der Waals surface area contributed by atoms with Crippen molar-refractivity contribution in [2.75, 3.05) is 0 Å². The van der Waals surface area contributed by atoms with Gasteiger partial charge in [-0.1, -0.05) is 11.1 Å². The Morgan fingerprint density at radius 3 is 2.30 bits per heavy atom. The molecule has 0 N–H and O–H groups in total. The fourth-order valence-electron chi connectivity index (χ4n) is 0.544. The summed E-state index contributed by atoms with van der Waals surface area (Å²) < 4.78 is 0. The standard InChI is InChI=1S/C7H4ClO.Y/c8-7-4-2-1-3-6(7)5-9;/h1-4H;/q-1;+3. The fraction of sp³-hybridized carbons (Fsp3) is 0. The van der Waals surface area contributed by atoms with E-state index in [2.05, 4.69) is 0 Å². The zero-order valence-electron chi connectivity index (χ0n) is 5.17. The van der Waals surface area contributed by atoms with E-state index in [1.165, 1.54) is 0 Å². The molecule has 0 amide bonds. The molecule has 0 radical (unpaired) electrons. The van der Waals surface area contributed by atoms with Crippen LogP contribution in [0.25, 0.3) is 0 Å². The second-order valence-electron chi connectivity index (χ2n) is 1.58. The molecule has 1 aromatic carbocycles. The first-order valence-electron chi connectivity index (χ1n) is 2.47. The van der Waals surface area contributed by atoms with Crippen LogP contribution in [0, 0.1) is 0 Å². The van der Waals surface area contributed by atoms with Gasteiger partial charge in [0.1, 0.15) is 0 Å². The minimum absolute atomic E-state index is 0. The van der Waals surface area contributed by atoms with Crippen LogP contribution >= 0.6 is 11.6 Å². The molecular weight excluding hydrogens is 224 g/mol. The van der Waals surface area contributed by atoms with Crippen molar-refractivity contribution >= 4 is 17.9 Å². The predicted octanol–water partition coefficient (Wildman–Crippen LogP) is 1.80. The van der Waals surface area contributed by atoms with Crippen molar-refractivity contribution in [1.82, 2.24) is 0 Å². The maximum Gasteiger partial charge on any atom is 3.00 e. The van der Waals surface area contributed by atoms with Gasteiger partial charge in [0.25, 0.3) is 0 Å². The molecule has 0 aliphatic heterocycles. The fourth-order valence-corrected chi connectivity index (χ4v) is 0.718. The van der Waals surface area contributed by atoms with Gasteiger partial charge in [-0.3, -0.25) is 0 Å². The quantitative estimate of drug-likeness (QED) is 0.670. The average Bonchev–Trinajstić information content (AvgIpc) is 1.89. The SMILES string of the molecule is O=[C-]c1ccccc1Cl.[Y+3]. The van der Waals surface area contributed by atoms with Gasteiger partial charge >= 0.3 is 32.7 Å². The molecule has 0 heterocycles. The van der Waals surface area contributed by atoms with E-state index in [0.717, 1.165) is 0 Å². The topological polar surface area (TPSA) is 17.1 Å². The summed E-state index contributed by atoms with van der Waals surface area (Å²) in [6.07, 6.45) is 1.71. The molecule has 0 aliphatic rings. The van der Waals surface area contributed by atoms with E-state index in [1.807, 2.05) is 0 Å². The number of benzene rings is 1. The maximum absolute atomic E-state index is 10.0. The third-order valence-electron chi connectivity index (χ3n) is 0.984. The zero-order valence-corrected chi connectivity index (χ0v) is 8.77. The van der Waals surface area contributed by atoms with Crippen molar-refractivity contribution in [2.45, 2.75) is 0 Å². The van der Waals surface area contributed by atoms with Gasteiger partial charge in [-0.05, 0) is 0 Å². The molecule has 0 saturated heterocycles. The first-order chi connectivity index (χ1) is 4.34. The van der Waals surface area contributed by atoms with Crippen molar-refractivity contribution < 1.29 is 37.5 Å². The summed E-state index contributed by atoms with van der Waals surface area (Å²) in [5.41, 5.74) is 0.416. The number of rotatable bonds is 1. The molecule has 0 spiro atoms. The number of halogens is 1. The second kappa shape index (κ2) is 5.00. The molecule has 0 bridgehead atoms. The molecule has 0 aromatic heterocycles. The molecule has 1 aromatic rings. The van der Waals surface area contributed by atoms with Crippen LogP contribution in [0.3, 0.4) is 0 Å². The van der Waals surface area contributed by atoms with E-state index >= 15 is 0 Å². The maximum atomic E-state index is 10.0. The minimum atomic E-state index is 0. The van der Waals surface area contributed by atoms with E-state index in [1.54, 1.807) is 30.6 Å². The summed E-state index contributed by atoms with van der Waals surface area (Å²) in [4.78, 5) is 10.0. The number of hydrogen-bond acceptors (Lipinski definition) is 1. The van der Waals surface area contributed by atoms with E-state index < -0.39 is 0 Å². The summed E-state index contributed by atoms with van der Waals surface area (Å²) in [5.74, 6) is 0. The van der Waals surface area contributed by atoms with Gasteiger partial charge in [0.05, 0.1) is 6.29 Å². The molecule has 0 fully saturated rings. The summed E-state index contributed by atoms with van der Waals surface area (Å²) in [5, 5.41) is 0.451. The molecule has 1 rings (SSSR count). The molecule has 0 unspecified atom stereocenters.